The molecule has 1 N–H and O–H groups in total. The third-order valence-corrected chi connectivity index (χ3v) is 4.88. The van der Waals surface area contributed by atoms with Crippen molar-refractivity contribution >= 4 is 17.2 Å². The molecule has 0 bridgehead atoms. The summed E-state index contributed by atoms with van der Waals surface area (Å²) in [5, 5.41) is 9.23. The minimum atomic E-state index is -1.31. The summed E-state index contributed by atoms with van der Waals surface area (Å²) >= 11 is 0. The van der Waals surface area contributed by atoms with Gasteiger partial charge in [0.15, 0.2) is 11.6 Å². The number of carboxylic acids is 1. The van der Waals surface area contributed by atoms with Gasteiger partial charge in [0.2, 0.25) is 0 Å². The third-order valence-electron chi connectivity index (χ3n) is 4.88. The SMILES string of the molecule is CN1CCN(c2c(F)cn3c(=O)c(C(=O)O)cc4c3c2OCC4)CC1. The Kier molecular flexibility index (Phi) is 3.64. The molecule has 0 atom stereocenters. The van der Waals surface area contributed by atoms with Crippen molar-refractivity contribution < 1.29 is 19.0 Å². The molecule has 4 heterocycles. The predicted molar refractivity (Wildman–Crippen MR) is 89.5 cm³/mol. The molecule has 0 aliphatic carbocycles. The first-order valence-corrected chi connectivity index (χ1v) is 8.17. The largest absolute Gasteiger partial charge is 0.489 e. The lowest BCUT2D eigenvalue weighted by atomic mass is 10.0. The summed E-state index contributed by atoms with van der Waals surface area (Å²) in [6.45, 7) is 3.26. The maximum Gasteiger partial charge on any atom is 0.341 e. The second kappa shape index (κ2) is 5.73. The lowest BCUT2D eigenvalue weighted by Gasteiger charge is -2.36. The molecule has 2 aliphatic rings. The summed E-state index contributed by atoms with van der Waals surface area (Å²) in [7, 11) is 2.01. The van der Waals surface area contributed by atoms with E-state index in [4.69, 9.17) is 4.74 Å². The number of carbonyl (C=O) groups is 1. The molecular formula is C17H18FN3O4. The Morgan fingerprint density at radius 3 is 2.68 bits per heavy atom. The molecule has 25 heavy (non-hydrogen) atoms. The Morgan fingerprint density at radius 1 is 1.28 bits per heavy atom. The number of rotatable bonds is 2. The molecular weight excluding hydrogens is 329 g/mol. The molecule has 7 nitrogen and oxygen atoms in total. The number of hydrogen-bond donors (Lipinski definition) is 1. The summed E-state index contributed by atoms with van der Waals surface area (Å²) in [4.78, 5) is 27.8. The number of hydrogen-bond acceptors (Lipinski definition) is 5. The van der Waals surface area contributed by atoms with Crippen LogP contribution in [-0.4, -0.2) is 60.2 Å². The van der Waals surface area contributed by atoms with Crippen molar-refractivity contribution in [2.75, 3.05) is 44.7 Å². The van der Waals surface area contributed by atoms with Gasteiger partial charge in [0.1, 0.15) is 11.3 Å². The fourth-order valence-electron chi connectivity index (χ4n) is 3.53. The van der Waals surface area contributed by atoms with Crippen molar-refractivity contribution in [3.05, 3.63) is 39.6 Å². The van der Waals surface area contributed by atoms with Gasteiger partial charge in [-0.1, -0.05) is 0 Å². The fourth-order valence-corrected chi connectivity index (χ4v) is 3.53. The van der Waals surface area contributed by atoms with Crippen molar-refractivity contribution in [3.8, 4) is 5.75 Å². The number of aromatic nitrogens is 1. The van der Waals surface area contributed by atoms with E-state index in [1.54, 1.807) is 0 Å². The van der Waals surface area contributed by atoms with Crippen molar-refractivity contribution in [3.63, 3.8) is 0 Å². The van der Waals surface area contributed by atoms with Crippen LogP contribution >= 0.6 is 0 Å². The Balaban J connectivity index is 1.97. The van der Waals surface area contributed by atoms with E-state index in [1.807, 2.05) is 11.9 Å². The van der Waals surface area contributed by atoms with Gasteiger partial charge in [0.05, 0.1) is 18.3 Å². The zero-order chi connectivity index (χ0) is 17.7. The summed E-state index contributed by atoms with van der Waals surface area (Å²) in [5.74, 6) is -1.56. The van der Waals surface area contributed by atoms with Crippen LogP contribution in [0, 0.1) is 5.82 Å². The summed E-state index contributed by atoms with van der Waals surface area (Å²) in [6.07, 6.45) is 1.56. The molecule has 1 fully saturated rings. The van der Waals surface area contributed by atoms with Crippen LogP contribution in [0.25, 0.3) is 5.52 Å². The molecule has 1 saturated heterocycles. The van der Waals surface area contributed by atoms with Crippen molar-refractivity contribution in [1.82, 2.24) is 9.30 Å². The number of carboxylic acid groups (broad SMARTS) is 1. The normalized spacial score (nSPS) is 17.6. The molecule has 0 aromatic carbocycles. The number of pyridine rings is 2. The van der Waals surface area contributed by atoms with Gasteiger partial charge in [-0.15, -0.1) is 0 Å². The Morgan fingerprint density at radius 2 is 2.00 bits per heavy atom. The van der Waals surface area contributed by atoms with Gasteiger partial charge in [-0.3, -0.25) is 9.20 Å². The van der Waals surface area contributed by atoms with Gasteiger partial charge in [0, 0.05) is 32.6 Å². The average Bonchev–Trinajstić information content (AvgIpc) is 2.58. The van der Waals surface area contributed by atoms with Crippen LogP contribution in [-0.2, 0) is 6.42 Å². The second-order valence-corrected chi connectivity index (χ2v) is 6.46. The summed E-state index contributed by atoms with van der Waals surface area (Å²) in [6, 6.07) is 1.39. The van der Waals surface area contributed by atoms with E-state index in [0.29, 0.717) is 48.6 Å². The van der Waals surface area contributed by atoms with Gasteiger partial charge in [-0.25, -0.2) is 9.18 Å². The highest BCUT2D eigenvalue weighted by molar-refractivity contribution is 5.89. The minimum Gasteiger partial charge on any atom is -0.489 e. The van der Waals surface area contributed by atoms with Crippen LogP contribution in [0.15, 0.2) is 17.1 Å². The summed E-state index contributed by atoms with van der Waals surface area (Å²) in [5.41, 5.74) is 0.413. The first kappa shape index (κ1) is 15.9. The topological polar surface area (TPSA) is 74.5 Å². The van der Waals surface area contributed by atoms with Crippen molar-refractivity contribution in [2.24, 2.45) is 0 Å². The maximum absolute atomic E-state index is 14.9. The first-order chi connectivity index (χ1) is 12.0. The van der Waals surface area contributed by atoms with Gasteiger partial charge in [0.25, 0.3) is 5.56 Å². The maximum atomic E-state index is 14.9. The van der Waals surface area contributed by atoms with Crippen molar-refractivity contribution in [1.29, 1.82) is 0 Å². The average molecular weight is 347 g/mol. The molecule has 2 aliphatic heterocycles. The Hall–Kier alpha value is -2.61. The molecule has 4 rings (SSSR count). The van der Waals surface area contributed by atoms with Crippen LogP contribution in [0.1, 0.15) is 15.9 Å². The van der Waals surface area contributed by atoms with Crippen LogP contribution < -0.4 is 15.2 Å². The molecule has 0 saturated carbocycles. The molecule has 8 heteroatoms. The van der Waals surface area contributed by atoms with Gasteiger partial charge in [-0.2, -0.15) is 0 Å². The molecule has 2 aromatic heterocycles. The standard InChI is InChI=1S/C17H18FN3O4/c1-19-3-5-20(6-4-19)14-12(18)9-21-13-10(2-7-25-15(13)14)8-11(16(21)22)17(23)24/h8-9H,2-7H2,1H3,(H,23,24). The number of halogens is 1. The van der Waals surface area contributed by atoms with Crippen LogP contribution in [0.2, 0.25) is 0 Å². The highest BCUT2D eigenvalue weighted by Gasteiger charge is 2.29. The monoisotopic (exact) mass is 347 g/mol. The molecule has 0 amide bonds. The number of ether oxygens (including phenoxy) is 1. The van der Waals surface area contributed by atoms with E-state index in [1.165, 1.54) is 6.07 Å². The lowest BCUT2D eigenvalue weighted by molar-refractivity contribution is 0.0694. The van der Waals surface area contributed by atoms with Gasteiger partial charge in [-0.05, 0) is 18.7 Å². The zero-order valence-electron chi connectivity index (χ0n) is 13.8. The van der Waals surface area contributed by atoms with Crippen molar-refractivity contribution in [2.45, 2.75) is 6.42 Å². The van der Waals surface area contributed by atoms with E-state index in [9.17, 15) is 19.1 Å². The van der Waals surface area contributed by atoms with E-state index >= 15 is 0 Å². The number of piperazine rings is 1. The minimum absolute atomic E-state index is 0.324. The zero-order valence-corrected chi connectivity index (χ0v) is 13.8. The van der Waals surface area contributed by atoms with Crippen LogP contribution in [0.4, 0.5) is 10.1 Å². The molecule has 0 unspecified atom stereocenters. The Bertz CT molecular complexity index is 932. The smallest absolute Gasteiger partial charge is 0.341 e. The first-order valence-electron chi connectivity index (χ1n) is 8.17. The molecule has 0 spiro atoms. The van der Waals surface area contributed by atoms with E-state index in [0.717, 1.165) is 23.7 Å². The molecule has 132 valence electrons. The summed E-state index contributed by atoms with van der Waals surface area (Å²) < 4.78 is 21.7. The van der Waals surface area contributed by atoms with Crippen LogP contribution in [0.5, 0.6) is 5.75 Å². The van der Waals surface area contributed by atoms with Gasteiger partial charge >= 0.3 is 5.97 Å². The van der Waals surface area contributed by atoms with E-state index < -0.39 is 17.3 Å². The third kappa shape index (κ3) is 2.44. The van der Waals surface area contributed by atoms with Crippen LogP contribution in [0.3, 0.4) is 0 Å². The number of anilines is 1. The lowest BCUT2D eigenvalue weighted by Crippen LogP contribution is -2.45. The quantitative estimate of drug-likeness (QED) is 0.867. The highest BCUT2D eigenvalue weighted by Crippen LogP contribution is 2.39. The van der Waals surface area contributed by atoms with Gasteiger partial charge < -0.3 is 19.6 Å². The van der Waals surface area contributed by atoms with E-state index in [-0.39, 0.29) is 5.56 Å². The predicted octanol–water partition coefficient (Wildman–Crippen LogP) is 0.823. The Labute approximate surface area is 142 Å². The number of likely N-dealkylation sites (N-methyl/N-ethyl adjacent to an activating group) is 1. The second-order valence-electron chi connectivity index (χ2n) is 6.46. The molecule has 2 aromatic rings. The highest BCUT2D eigenvalue weighted by atomic mass is 19.1. The fraction of sp³-hybridized carbons (Fsp3) is 0.412. The number of aromatic carboxylic acids is 1. The number of nitrogens with zero attached hydrogens (tertiary/aromatic N) is 3. The molecule has 0 radical (unpaired) electrons. The van der Waals surface area contributed by atoms with E-state index in [2.05, 4.69) is 4.90 Å².